The van der Waals surface area contributed by atoms with E-state index >= 15 is 0 Å². The third-order valence-electron chi connectivity index (χ3n) is 3.83. The van der Waals surface area contributed by atoms with Crippen molar-refractivity contribution in [1.29, 1.82) is 0 Å². The highest BCUT2D eigenvalue weighted by Crippen LogP contribution is 2.34. The summed E-state index contributed by atoms with van der Waals surface area (Å²) < 4.78 is 6.85. The first kappa shape index (κ1) is 19.9. The van der Waals surface area contributed by atoms with E-state index in [9.17, 15) is 9.90 Å². The minimum absolute atomic E-state index is 0.00174. The maximum atomic E-state index is 12.4. The highest BCUT2D eigenvalue weighted by Gasteiger charge is 2.10. The van der Waals surface area contributed by atoms with Gasteiger partial charge < -0.3 is 9.84 Å². The lowest BCUT2D eigenvalue weighted by molar-refractivity contribution is 0.372. The Balaban J connectivity index is 1.76. The van der Waals surface area contributed by atoms with Gasteiger partial charge in [-0.3, -0.25) is 10.2 Å². The first-order valence-corrected chi connectivity index (χ1v) is 9.32. The van der Waals surface area contributed by atoms with Crippen molar-refractivity contribution in [2.24, 2.45) is 5.10 Å². The van der Waals surface area contributed by atoms with Crippen LogP contribution in [0.5, 0.6) is 11.5 Å². The van der Waals surface area contributed by atoms with E-state index in [-0.39, 0.29) is 16.5 Å². The van der Waals surface area contributed by atoms with Crippen LogP contribution in [0.3, 0.4) is 0 Å². The first-order valence-electron chi connectivity index (χ1n) is 8.14. The van der Waals surface area contributed by atoms with Gasteiger partial charge >= 0.3 is 0 Å². The summed E-state index contributed by atoms with van der Waals surface area (Å²) in [6.07, 6.45) is 2.94. The molecule has 0 aliphatic heterocycles. The van der Waals surface area contributed by atoms with Crippen LogP contribution in [0.15, 0.2) is 63.0 Å². The molecule has 0 unspecified atom stereocenters. The minimum atomic E-state index is -0.417. The molecule has 0 bridgehead atoms. The number of nitrogens with zero attached hydrogens (tertiary/aromatic N) is 3. The summed E-state index contributed by atoms with van der Waals surface area (Å²) in [4.78, 5) is 12.4. The molecule has 1 aromatic heterocycles. The molecule has 0 saturated carbocycles. The van der Waals surface area contributed by atoms with Crippen molar-refractivity contribution in [3.63, 3.8) is 0 Å². The number of anilines is 1. The molecule has 0 amide bonds. The second kappa shape index (κ2) is 8.90. The van der Waals surface area contributed by atoms with Gasteiger partial charge in [-0.2, -0.15) is 10.2 Å². The van der Waals surface area contributed by atoms with Gasteiger partial charge in [-0.05, 0) is 39.2 Å². The summed E-state index contributed by atoms with van der Waals surface area (Å²) in [6.45, 7) is 0.324. The van der Waals surface area contributed by atoms with Crippen molar-refractivity contribution in [3.8, 4) is 11.5 Å². The molecule has 28 heavy (non-hydrogen) atoms. The lowest BCUT2D eigenvalue weighted by Crippen LogP contribution is -2.24. The van der Waals surface area contributed by atoms with Gasteiger partial charge in [-0.15, -0.1) is 0 Å². The Morgan fingerprint density at radius 3 is 2.82 bits per heavy atom. The smallest absolute Gasteiger partial charge is 0.288 e. The van der Waals surface area contributed by atoms with E-state index in [1.165, 1.54) is 24.2 Å². The third kappa shape index (κ3) is 4.52. The zero-order valence-electron chi connectivity index (χ0n) is 14.8. The van der Waals surface area contributed by atoms with Gasteiger partial charge in [-0.25, -0.2) is 4.68 Å². The van der Waals surface area contributed by atoms with E-state index in [0.29, 0.717) is 22.3 Å². The molecule has 3 aromatic rings. The van der Waals surface area contributed by atoms with Crippen molar-refractivity contribution in [2.45, 2.75) is 6.54 Å². The number of nitrogens with one attached hydrogen (secondary N) is 1. The molecule has 9 heteroatoms. The number of aromatic nitrogens is 2. The number of aromatic hydroxyl groups is 1. The standard InChI is InChI=1S/C19H16BrClN4O3/c1-28-16-8-13(7-14(20)18(16)26)9-22-24-15-10-23-25(19(27)17(15)21)11-12-5-3-2-4-6-12/h2-10,24,26H,11H2,1H3/b22-9+. The molecule has 1 heterocycles. The average Bonchev–Trinajstić information content (AvgIpc) is 2.70. The number of phenolic OH excluding ortho intramolecular Hbond substituents is 1. The van der Waals surface area contributed by atoms with Crippen LogP contribution in [-0.4, -0.2) is 28.2 Å². The summed E-state index contributed by atoms with van der Waals surface area (Å²) in [5.41, 5.74) is 4.19. The fraction of sp³-hybridized carbons (Fsp3) is 0.105. The van der Waals surface area contributed by atoms with Crippen LogP contribution >= 0.6 is 27.5 Å². The molecule has 0 aliphatic carbocycles. The fourth-order valence-electron chi connectivity index (χ4n) is 2.41. The SMILES string of the molecule is COc1cc(/C=N/Nc2cnn(Cc3ccccc3)c(=O)c2Cl)cc(Br)c1O. The van der Waals surface area contributed by atoms with Crippen LogP contribution in [-0.2, 0) is 6.54 Å². The Labute approximate surface area is 174 Å². The van der Waals surface area contributed by atoms with Crippen molar-refractivity contribution in [1.82, 2.24) is 9.78 Å². The lowest BCUT2D eigenvalue weighted by Gasteiger charge is -2.08. The number of benzene rings is 2. The van der Waals surface area contributed by atoms with Gasteiger partial charge in [-0.1, -0.05) is 41.9 Å². The molecule has 0 atom stereocenters. The van der Waals surface area contributed by atoms with Gasteiger partial charge in [0.25, 0.3) is 5.56 Å². The molecule has 7 nitrogen and oxygen atoms in total. The zero-order valence-corrected chi connectivity index (χ0v) is 17.1. The minimum Gasteiger partial charge on any atom is -0.503 e. The number of hydrogen-bond acceptors (Lipinski definition) is 6. The topological polar surface area (TPSA) is 88.7 Å². The molecule has 0 spiro atoms. The van der Waals surface area contributed by atoms with E-state index < -0.39 is 5.56 Å². The van der Waals surface area contributed by atoms with Crippen molar-refractivity contribution in [3.05, 3.63) is 79.6 Å². The predicted octanol–water partition coefficient (Wildman–Crippen LogP) is 3.87. The maximum absolute atomic E-state index is 12.4. The summed E-state index contributed by atoms with van der Waals surface area (Å²) in [6, 6.07) is 12.8. The van der Waals surface area contributed by atoms with Crippen LogP contribution in [0.2, 0.25) is 5.02 Å². The number of rotatable bonds is 6. The molecular formula is C19H16BrClN4O3. The Hall–Kier alpha value is -2.84. The Morgan fingerprint density at radius 2 is 2.11 bits per heavy atom. The number of ether oxygens (including phenoxy) is 1. The molecule has 0 saturated heterocycles. The van der Waals surface area contributed by atoms with Crippen molar-refractivity contribution < 1.29 is 9.84 Å². The number of hydrogen-bond donors (Lipinski definition) is 2. The second-order valence-corrected chi connectivity index (χ2v) is 6.98. The monoisotopic (exact) mass is 462 g/mol. The van der Waals surface area contributed by atoms with E-state index in [4.69, 9.17) is 16.3 Å². The van der Waals surface area contributed by atoms with E-state index in [1.54, 1.807) is 12.1 Å². The molecule has 0 fully saturated rings. The molecule has 144 valence electrons. The van der Waals surface area contributed by atoms with Gasteiger partial charge in [0.05, 0.1) is 30.5 Å². The van der Waals surface area contributed by atoms with E-state index in [0.717, 1.165) is 5.56 Å². The third-order valence-corrected chi connectivity index (χ3v) is 4.80. The predicted molar refractivity (Wildman–Crippen MR) is 113 cm³/mol. The molecular weight excluding hydrogens is 448 g/mol. The molecule has 2 aromatic carbocycles. The maximum Gasteiger partial charge on any atom is 0.288 e. The van der Waals surface area contributed by atoms with Crippen LogP contribution < -0.4 is 15.7 Å². The van der Waals surface area contributed by atoms with Crippen LogP contribution in [0.1, 0.15) is 11.1 Å². The highest BCUT2D eigenvalue weighted by molar-refractivity contribution is 9.10. The highest BCUT2D eigenvalue weighted by atomic mass is 79.9. The Bertz CT molecular complexity index is 1070. The molecule has 2 N–H and O–H groups in total. The summed E-state index contributed by atoms with van der Waals surface area (Å²) >= 11 is 9.41. The van der Waals surface area contributed by atoms with Crippen molar-refractivity contribution >= 4 is 39.4 Å². The number of halogens is 2. The summed E-state index contributed by atoms with van der Waals surface area (Å²) in [5, 5.41) is 18.0. The van der Waals surface area contributed by atoms with E-state index in [2.05, 4.69) is 31.6 Å². The summed E-state index contributed by atoms with van der Waals surface area (Å²) in [7, 11) is 1.45. The second-order valence-electron chi connectivity index (χ2n) is 5.74. The molecule has 0 radical (unpaired) electrons. The summed E-state index contributed by atoms with van der Waals surface area (Å²) in [5.74, 6) is 0.306. The molecule has 0 aliphatic rings. The van der Waals surface area contributed by atoms with Gasteiger partial charge in [0.2, 0.25) is 0 Å². The first-order chi connectivity index (χ1) is 13.5. The van der Waals surface area contributed by atoms with Crippen LogP contribution in [0.25, 0.3) is 0 Å². The number of methoxy groups -OCH3 is 1. The van der Waals surface area contributed by atoms with E-state index in [1.807, 2.05) is 30.3 Å². The average molecular weight is 464 g/mol. The normalized spacial score (nSPS) is 11.0. The van der Waals surface area contributed by atoms with Gasteiger partial charge in [0.1, 0.15) is 10.7 Å². The number of phenols is 1. The lowest BCUT2D eigenvalue weighted by atomic mass is 10.2. The Morgan fingerprint density at radius 1 is 1.36 bits per heavy atom. The quantitative estimate of drug-likeness (QED) is 0.428. The van der Waals surface area contributed by atoms with Crippen LogP contribution in [0.4, 0.5) is 5.69 Å². The Kier molecular flexibility index (Phi) is 6.33. The van der Waals surface area contributed by atoms with Gasteiger partial charge in [0, 0.05) is 0 Å². The molecule has 3 rings (SSSR count). The zero-order chi connectivity index (χ0) is 20.1. The van der Waals surface area contributed by atoms with Gasteiger partial charge in [0.15, 0.2) is 11.5 Å². The van der Waals surface area contributed by atoms with Crippen molar-refractivity contribution in [2.75, 3.05) is 12.5 Å². The largest absolute Gasteiger partial charge is 0.503 e. The number of hydrazone groups is 1. The fourth-order valence-corrected chi connectivity index (χ4v) is 3.06. The van der Waals surface area contributed by atoms with Crippen LogP contribution in [0, 0.1) is 0 Å².